The Kier molecular flexibility index (Phi) is 7.24. The summed E-state index contributed by atoms with van der Waals surface area (Å²) in [4.78, 5) is 26.4. The summed E-state index contributed by atoms with van der Waals surface area (Å²) in [5.41, 5.74) is 7.58. The number of para-hydroxylation sites is 1. The molecule has 2 aromatic rings. The maximum absolute atomic E-state index is 13.8. The van der Waals surface area contributed by atoms with Crippen LogP contribution in [0.4, 0.5) is 0 Å². The summed E-state index contributed by atoms with van der Waals surface area (Å²) in [5, 5.41) is 0. The van der Waals surface area contributed by atoms with Crippen molar-refractivity contribution in [2.24, 2.45) is 5.73 Å². The van der Waals surface area contributed by atoms with Crippen LogP contribution in [0.15, 0.2) is 54.6 Å². The van der Waals surface area contributed by atoms with Gasteiger partial charge in [-0.15, -0.1) is 0 Å². The highest BCUT2D eigenvalue weighted by molar-refractivity contribution is 5.92. The number of ether oxygens (including phenoxy) is 2. The summed E-state index contributed by atoms with van der Waals surface area (Å²) in [7, 11) is 1.56. The van der Waals surface area contributed by atoms with Crippen molar-refractivity contribution in [3.8, 4) is 5.75 Å². The summed E-state index contributed by atoms with van der Waals surface area (Å²) < 4.78 is 11.3. The summed E-state index contributed by atoms with van der Waals surface area (Å²) in [5.74, 6) is 0.0804. The van der Waals surface area contributed by atoms with Crippen LogP contribution in [-0.4, -0.2) is 48.8 Å². The van der Waals surface area contributed by atoms with Crippen molar-refractivity contribution >= 4 is 11.9 Å². The minimum Gasteiger partial charge on any atom is -0.496 e. The molecule has 0 saturated carbocycles. The molecule has 1 aliphatic rings. The minimum absolute atomic E-state index is 0.0704. The van der Waals surface area contributed by atoms with E-state index in [0.29, 0.717) is 36.4 Å². The predicted octanol–water partition coefficient (Wildman–Crippen LogP) is 3.76. The molecule has 1 aliphatic heterocycles. The van der Waals surface area contributed by atoms with Gasteiger partial charge in [0.1, 0.15) is 24.0 Å². The number of hydrogen-bond acceptors (Lipinski definition) is 5. The number of esters is 1. The van der Waals surface area contributed by atoms with Crippen LogP contribution in [0.2, 0.25) is 0 Å². The molecular weight excluding hydrogens is 380 g/mol. The van der Waals surface area contributed by atoms with Gasteiger partial charge in [0.05, 0.1) is 19.2 Å². The summed E-state index contributed by atoms with van der Waals surface area (Å²) in [6, 6.07) is 16.1. The third-order valence-electron chi connectivity index (χ3n) is 5.95. The van der Waals surface area contributed by atoms with Crippen LogP contribution in [0.5, 0.6) is 5.75 Å². The monoisotopic (exact) mass is 411 g/mol. The van der Waals surface area contributed by atoms with Gasteiger partial charge in [-0.25, -0.2) is 14.1 Å². The molecule has 1 amide bonds. The van der Waals surface area contributed by atoms with Crippen molar-refractivity contribution in [1.82, 2.24) is 0 Å². The Morgan fingerprint density at radius 3 is 2.47 bits per heavy atom. The summed E-state index contributed by atoms with van der Waals surface area (Å²) in [6.07, 6.45) is 2.48. The van der Waals surface area contributed by atoms with Crippen molar-refractivity contribution in [3.05, 3.63) is 65.7 Å². The van der Waals surface area contributed by atoms with Crippen LogP contribution in [0.1, 0.15) is 53.3 Å². The topological polar surface area (TPSA) is 78.6 Å². The van der Waals surface area contributed by atoms with Gasteiger partial charge in [-0.05, 0) is 43.5 Å². The zero-order valence-electron chi connectivity index (χ0n) is 17.8. The molecule has 30 heavy (non-hydrogen) atoms. The Bertz CT molecular complexity index is 871. The molecule has 6 nitrogen and oxygen atoms in total. The standard InChI is InChI=1S/C24H31N2O4/c1-3-19(30-24(28)18-11-5-4-6-12-18)17-26(16-10-9-15-22(26)25)23(27)20-13-7-8-14-21(20)29-2/h4-8,11-14,19,22H,3,9-10,15-17,25H2,1-2H3/q+1. The molecule has 3 atom stereocenters. The average molecular weight is 412 g/mol. The minimum atomic E-state index is -0.416. The number of benzene rings is 2. The number of piperidine rings is 1. The second-order valence-corrected chi connectivity index (χ2v) is 7.81. The molecule has 6 heteroatoms. The Morgan fingerprint density at radius 1 is 1.10 bits per heavy atom. The molecule has 0 aliphatic carbocycles. The number of rotatable bonds is 7. The van der Waals surface area contributed by atoms with Gasteiger partial charge < -0.3 is 9.47 Å². The van der Waals surface area contributed by atoms with Crippen LogP contribution >= 0.6 is 0 Å². The van der Waals surface area contributed by atoms with Gasteiger partial charge in [0, 0.05) is 6.42 Å². The number of nitrogens with two attached hydrogens (primary N) is 1. The molecule has 1 heterocycles. The fourth-order valence-electron chi connectivity index (χ4n) is 4.19. The first kappa shape index (κ1) is 22.0. The van der Waals surface area contributed by atoms with Gasteiger partial charge in [-0.3, -0.25) is 5.73 Å². The van der Waals surface area contributed by atoms with Gasteiger partial charge >= 0.3 is 11.9 Å². The molecule has 2 N–H and O–H groups in total. The zero-order chi connectivity index (χ0) is 21.6. The van der Waals surface area contributed by atoms with E-state index in [1.54, 1.807) is 43.5 Å². The smallest absolute Gasteiger partial charge is 0.351 e. The molecular formula is C24H31N2O4+. The van der Waals surface area contributed by atoms with Crippen LogP contribution < -0.4 is 10.5 Å². The number of carbonyl (C=O) groups excluding carboxylic acids is 2. The van der Waals surface area contributed by atoms with Gasteiger partial charge in [0.25, 0.3) is 0 Å². The van der Waals surface area contributed by atoms with E-state index >= 15 is 0 Å². The Labute approximate surface area is 178 Å². The van der Waals surface area contributed by atoms with Crippen LogP contribution in [0.25, 0.3) is 0 Å². The number of amides is 1. The maximum Gasteiger partial charge on any atom is 0.351 e. The fraction of sp³-hybridized carbons (Fsp3) is 0.417. The van der Waals surface area contributed by atoms with E-state index < -0.39 is 6.10 Å². The SMILES string of the molecule is CCC(C[N+]1(C(=O)c2ccccc2OC)CCCCC1N)OC(=O)c1ccccc1. The highest BCUT2D eigenvalue weighted by atomic mass is 16.5. The quantitative estimate of drug-likeness (QED) is 0.554. The normalized spacial score (nSPS) is 22.2. The van der Waals surface area contributed by atoms with Gasteiger partial charge in [-0.2, -0.15) is 0 Å². The van der Waals surface area contributed by atoms with Crippen molar-refractivity contribution in [2.45, 2.75) is 44.9 Å². The molecule has 1 saturated heterocycles. The number of nitrogens with zero attached hydrogens (tertiary/aromatic N) is 1. The van der Waals surface area contributed by atoms with E-state index in [1.165, 1.54) is 0 Å². The second kappa shape index (κ2) is 9.87. The lowest BCUT2D eigenvalue weighted by atomic mass is 9.99. The van der Waals surface area contributed by atoms with E-state index in [0.717, 1.165) is 19.3 Å². The summed E-state index contributed by atoms with van der Waals surface area (Å²) >= 11 is 0. The Balaban J connectivity index is 1.89. The average Bonchev–Trinajstić information content (AvgIpc) is 2.80. The van der Waals surface area contributed by atoms with Gasteiger partial charge in [0.2, 0.25) is 0 Å². The third-order valence-corrected chi connectivity index (χ3v) is 5.95. The first-order chi connectivity index (χ1) is 14.5. The molecule has 160 valence electrons. The predicted molar refractivity (Wildman–Crippen MR) is 115 cm³/mol. The second-order valence-electron chi connectivity index (χ2n) is 7.81. The number of methoxy groups -OCH3 is 1. The zero-order valence-corrected chi connectivity index (χ0v) is 17.8. The molecule has 1 fully saturated rings. The van der Waals surface area contributed by atoms with Gasteiger partial charge in [-0.1, -0.05) is 37.3 Å². The van der Waals surface area contributed by atoms with Crippen molar-refractivity contribution in [2.75, 3.05) is 20.2 Å². The lowest BCUT2D eigenvalue weighted by Crippen LogP contribution is -2.67. The third kappa shape index (κ3) is 4.55. The Hall–Kier alpha value is -2.70. The van der Waals surface area contributed by atoms with E-state index in [4.69, 9.17) is 15.2 Å². The fourth-order valence-corrected chi connectivity index (χ4v) is 4.19. The van der Waals surface area contributed by atoms with E-state index in [2.05, 4.69) is 0 Å². The molecule has 3 rings (SSSR count). The molecule has 0 bridgehead atoms. The number of carbonyl (C=O) groups is 2. The van der Waals surface area contributed by atoms with Crippen LogP contribution in [0, 0.1) is 0 Å². The molecule has 3 unspecified atom stereocenters. The van der Waals surface area contributed by atoms with E-state index in [1.807, 2.05) is 25.1 Å². The van der Waals surface area contributed by atoms with Crippen molar-refractivity contribution < 1.29 is 23.5 Å². The van der Waals surface area contributed by atoms with Crippen LogP contribution in [-0.2, 0) is 4.74 Å². The van der Waals surface area contributed by atoms with Gasteiger partial charge in [0.15, 0.2) is 6.10 Å². The van der Waals surface area contributed by atoms with E-state index in [9.17, 15) is 9.59 Å². The first-order valence-electron chi connectivity index (χ1n) is 10.6. The molecule has 0 spiro atoms. The number of quaternary nitrogens is 1. The molecule has 2 aromatic carbocycles. The highest BCUT2D eigenvalue weighted by Gasteiger charge is 2.47. The molecule has 0 radical (unpaired) electrons. The lowest BCUT2D eigenvalue weighted by Gasteiger charge is -2.44. The van der Waals surface area contributed by atoms with E-state index in [-0.39, 0.29) is 22.5 Å². The highest BCUT2D eigenvalue weighted by Crippen LogP contribution is 2.31. The molecule has 0 aromatic heterocycles. The Morgan fingerprint density at radius 2 is 1.80 bits per heavy atom. The van der Waals surface area contributed by atoms with Crippen molar-refractivity contribution in [3.63, 3.8) is 0 Å². The number of hydrogen-bond donors (Lipinski definition) is 1. The first-order valence-corrected chi connectivity index (χ1v) is 10.6. The number of likely N-dealkylation sites (tertiary alicyclic amines) is 1. The van der Waals surface area contributed by atoms with Crippen LogP contribution in [0.3, 0.4) is 0 Å². The summed E-state index contributed by atoms with van der Waals surface area (Å²) in [6.45, 7) is 2.94. The largest absolute Gasteiger partial charge is 0.496 e. The maximum atomic E-state index is 13.8. The lowest BCUT2D eigenvalue weighted by molar-refractivity contribution is -0.882. The van der Waals surface area contributed by atoms with Crippen molar-refractivity contribution in [1.29, 1.82) is 0 Å².